The number of halogens is 2. The Balaban J connectivity index is 3.29. The van der Waals surface area contributed by atoms with Crippen molar-refractivity contribution in [3.8, 4) is 12.3 Å². The molecule has 86 valence electrons. The lowest BCUT2D eigenvalue weighted by atomic mass is 10.2. The van der Waals surface area contributed by atoms with E-state index in [0.717, 1.165) is 17.8 Å². The second kappa shape index (κ2) is 5.83. The summed E-state index contributed by atoms with van der Waals surface area (Å²) in [4.78, 5) is 3.86. The highest BCUT2D eigenvalue weighted by Gasteiger charge is 2.13. The third kappa shape index (κ3) is 2.92. The number of thioether (sulfide) groups is 1. The number of aliphatic imine (C=N–C) groups is 1. The van der Waals surface area contributed by atoms with Crippen LogP contribution in [0.5, 0.6) is 0 Å². The molecule has 0 unspecified atom stereocenters. The van der Waals surface area contributed by atoms with Gasteiger partial charge in [-0.3, -0.25) is 5.32 Å². The highest BCUT2D eigenvalue weighted by atomic mass is 32.2. The first-order chi connectivity index (χ1) is 8.13. The van der Waals surface area contributed by atoms with Gasteiger partial charge in [0.2, 0.25) is 0 Å². The smallest absolute Gasteiger partial charge is 0.183 e. The topological polar surface area (TPSA) is 72.0 Å². The summed E-state index contributed by atoms with van der Waals surface area (Å²) in [6, 6.07) is 3.58. The summed E-state index contributed by atoms with van der Waals surface area (Å²) in [5.41, 5.74) is -0.519. The molecule has 0 aliphatic rings. The molecule has 1 aromatic carbocycles. The number of benzene rings is 1. The van der Waals surface area contributed by atoms with Gasteiger partial charge in [-0.25, -0.2) is 13.8 Å². The average molecular weight is 252 g/mol. The van der Waals surface area contributed by atoms with Crippen molar-refractivity contribution in [3.05, 3.63) is 29.3 Å². The minimum Gasteiger partial charge on any atom is -0.271 e. The van der Waals surface area contributed by atoms with E-state index in [4.69, 9.17) is 10.5 Å². The second-order valence-electron chi connectivity index (χ2n) is 2.73. The van der Waals surface area contributed by atoms with Crippen molar-refractivity contribution in [2.45, 2.75) is 0 Å². The zero-order valence-corrected chi connectivity index (χ0v) is 9.48. The van der Waals surface area contributed by atoms with Gasteiger partial charge in [-0.2, -0.15) is 10.5 Å². The molecule has 0 bridgehead atoms. The molecule has 0 aliphatic heterocycles. The maximum Gasteiger partial charge on any atom is 0.183 e. The lowest BCUT2D eigenvalue weighted by Crippen LogP contribution is -2.12. The van der Waals surface area contributed by atoms with Gasteiger partial charge in [-0.15, -0.1) is 0 Å². The van der Waals surface area contributed by atoms with Crippen molar-refractivity contribution >= 4 is 22.6 Å². The number of hydrogen-bond acceptors (Lipinski definition) is 4. The third-order valence-corrected chi connectivity index (χ3v) is 2.34. The summed E-state index contributed by atoms with van der Waals surface area (Å²) < 4.78 is 26.1. The molecule has 0 heterocycles. The van der Waals surface area contributed by atoms with E-state index < -0.39 is 17.2 Å². The SMILES string of the molecule is CSC(=Nc1ccc(F)c(F)c1C#N)NC#N. The van der Waals surface area contributed by atoms with Crippen LogP contribution in [0.4, 0.5) is 14.5 Å². The Kier molecular flexibility index (Phi) is 4.44. The van der Waals surface area contributed by atoms with E-state index in [2.05, 4.69) is 10.3 Å². The predicted octanol–water partition coefficient (Wildman–Crippen LogP) is 2.26. The molecule has 1 aromatic rings. The van der Waals surface area contributed by atoms with Gasteiger partial charge in [0.1, 0.15) is 11.6 Å². The van der Waals surface area contributed by atoms with Crippen molar-refractivity contribution in [1.29, 1.82) is 10.5 Å². The molecule has 1 rings (SSSR count). The minimum absolute atomic E-state index is 0.0292. The Hall–Kier alpha value is -2.12. The molecule has 0 saturated heterocycles. The number of nitrogens with one attached hydrogen (secondary N) is 1. The molecule has 0 spiro atoms. The van der Waals surface area contributed by atoms with Crippen LogP contribution in [-0.2, 0) is 0 Å². The van der Waals surface area contributed by atoms with Crippen LogP contribution in [0, 0.1) is 34.4 Å². The lowest BCUT2D eigenvalue weighted by molar-refractivity contribution is 0.506. The molecule has 0 fully saturated rings. The quantitative estimate of drug-likeness (QED) is 0.360. The Morgan fingerprint density at radius 3 is 2.65 bits per heavy atom. The van der Waals surface area contributed by atoms with E-state index in [1.165, 1.54) is 12.1 Å². The van der Waals surface area contributed by atoms with Crippen molar-refractivity contribution < 1.29 is 8.78 Å². The molecule has 17 heavy (non-hydrogen) atoms. The number of amidine groups is 1. The fraction of sp³-hybridized carbons (Fsp3) is 0.100. The standard InChI is InChI=1S/C10H6F2N4S/c1-17-10(15-5-14)16-8-3-2-7(11)9(12)6(8)4-13/h2-3H,1H3,(H,15,16). The maximum absolute atomic E-state index is 13.2. The highest BCUT2D eigenvalue weighted by Crippen LogP contribution is 2.24. The molecular formula is C10H6F2N4S. The summed E-state index contributed by atoms with van der Waals surface area (Å²) in [5.74, 6) is -2.36. The van der Waals surface area contributed by atoms with Crippen molar-refractivity contribution in [1.82, 2.24) is 5.32 Å². The van der Waals surface area contributed by atoms with Gasteiger partial charge in [-0.05, 0) is 18.4 Å². The van der Waals surface area contributed by atoms with E-state index in [9.17, 15) is 8.78 Å². The van der Waals surface area contributed by atoms with Crippen molar-refractivity contribution in [2.75, 3.05) is 6.26 Å². The van der Waals surface area contributed by atoms with Crippen LogP contribution in [0.25, 0.3) is 0 Å². The molecule has 7 heteroatoms. The van der Waals surface area contributed by atoms with Gasteiger partial charge in [-0.1, -0.05) is 11.8 Å². The molecule has 4 nitrogen and oxygen atoms in total. The van der Waals surface area contributed by atoms with Gasteiger partial charge in [0.25, 0.3) is 0 Å². The normalized spacial score (nSPS) is 10.5. The minimum atomic E-state index is -1.24. The molecule has 0 aromatic heterocycles. The van der Waals surface area contributed by atoms with Crippen LogP contribution in [-0.4, -0.2) is 11.4 Å². The summed E-state index contributed by atoms with van der Waals surface area (Å²) in [6.45, 7) is 0. The second-order valence-corrected chi connectivity index (χ2v) is 3.52. The Labute approximate surface area is 101 Å². The Bertz CT molecular complexity index is 542. The van der Waals surface area contributed by atoms with E-state index >= 15 is 0 Å². The van der Waals surface area contributed by atoms with Crippen molar-refractivity contribution in [2.24, 2.45) is 4.99 Å². The zero-order chi connectivity index (χ0) is 12.8. The van der Waals surface area contributed by atoms with Gasteiger partial charge in [0, 0.05) is 0 Å². The molecule has 0 saturated carbocycles. The first-order valence-corrected chi connectivity index (χ1v) is 5.52. The van der Waals surface area contributed by atoms with E-state index in [-0.39, 0.29) is 10.9 Å². The highest BCUT2D eigenvalue weighted by molar-refractivity contribution is 8.13. The van der Waals surface area contributed by atoms with E-state index in [1.54, 1.807) is 12.4 Å². The third-order valence-electron chi connectivity index (χ3n) is 1.76. The molecule has 0 aliphatic carbocycles. The molecular weight excluding hydrogens is 246 g/mol. The monoisotopic (exact) mass is 252 g/mol. The number of nitrogens with zero attached hydrogens (tertiary/aromatic N) is 3. The number of hydrogen-bond donors (Lipinski definition) is 1. The fourth-order valence-corrected chi connectivity index (χ4v) is 1.36. The fourth-order valence-electron chi connectivity index (χ4n) is 1.02. The van der Waals surface area contributed by atoms with Crippen LogP contribution in [0.2, 0.25) is 0 Å². The van der Waals surface area contributed by atoms with Crippen LogP contribution < -0.4 is 5.32 Å². The van der Waals surface area contributed by atoms with Gasteiger partial charge in [0.15, 0.2) is 23.0 Å². The average Bonchev–Trinajstić information content (AvgIpc) is 2.33. The van der Waals surface area contributed by atoms with Gasteiger partial charge >= 0.3 is 0 Å². The molecule has 0 atom stereocenters. The van der Waals surface area contributed by atoms with Crippen LogP contribution in [0.3, 0.4) is 0 Å². The summed E-state index contributed by atoms with van der Waals surface area (Å²) >= 11 is 1.11. The Morgan fingerprint density at radius 1 is 1.41 bits per heavy atom. The zero-order valence-electron chi connectivity index (χ0n) is 8.66. The van der Waals surface area contributed by atoms with Crippen LogP contribution >= 0.6 is 11.8 Å². The van der Waals surface area contributed by atoms with Crippen LogP contribution in [0.1, 0.15) is 5.56 Å². The Morgan fingerprint density at radius 2 is 2.12 bits per heavy atom. The molecule has 0 amide bonds. The van der Waals surface area contributed by atoms with Gasteiger partial charge in [0.05, 0.1) is 5.69 Å². The van der Waals surface area contributed by atoms with E-state index in [1.807, 2.05) is 0 Å². The lowest BCUT2D eigenvalue weighted by Gasteiger charge is -2.03. The number of rotatable bonds is 1. The van der Waals surface area contributed by atoms with E-state index in [0.29, 0.717) is 0 Å². The largest absolute Gasteiger partial charge is 0.271 e. The maximum atomic E-state index is 13.2. The van der Waals surface area contributed by atoms with Gasteiger partial charge < -0.3 is 0 Å². The van der Waals surface area contributed by atoms with Crippen molar-refractivity contribution in [3.63, 3.8) is 0 Å². The summed E-state index contributed by atoms with van der Waals surface area (Å²) in [5, 5.41) is 19.6. The predicted molar refractivity (Wildman–Crippen MR) is 60.4 cm³/mol. The first kappa shape index (κ1) is 12.9. The molecule has 0 radical (unpaired) electrons. The van der Waals surface area contributed by atoms with Crippen LogP contribution in [0.15, 0.2) is 17.1 Å². The summed E-state index contributed by atoms with van der Waals surface area (Å²) in [7, 11) is 0. The first-order valence-electron chi connectivity index (χ1n) is 4.30. The summed E-state index contributed by atoms with van der Waals surface area (Å²) in [6.07, 6.45) is 3.30. The number of nitriles is 2. The molecule has 1 N–H and O–H groups in total.